The van der Waals surface area contributed by atoms with E-state index in [1.54, 1.807) is 26.0 Å². The van der Waals surface area contributed by atoms with Gasteiger partial charge < -0.3 is 14.8 Å². The molecule has 7 nitrogen and oxygen atoms in total. The molecular weight excluding hydrogens is 597 g/mol. The summed E-state index contributed by atoms with van der Waals surface area (Å²) in [5.74, 6) is 4.76. The molecule has 1 amide bonds. The minimum atomic E-state index is 0.105. The number of nitrogens with zero attached hydrogens (tertiary/aromatic N) is 3. The van der Waals surface area contributed by atoms with Crippen molar-refractivity contribution in [1.29, 1.82) is 0 Å². The molecule has 10 heteroatoms. The first-order valence-electron chi connectivity index (χ1n) is 14.8. The van der Waals surface area contributed by atoms with E-state index in [4.69, 9.17) is 14.5 Å². The Morgan fingerprint density at radius 1 is 0.953 bits per heavy atom. The third-order valence-corrected chi connectivity index (χ3v) is 10.6. The van der Waals surface area contributed by atoms with Crippen molar-refractivity contribution in [2.24, 2.45) is 20.8 Å². The number of amides is 1. The van der Waals surface area contributed by atoms with Gasteiger partial charge in [-0.2, -0.15) is 0 Å². The van der Waals surface area contributed by atoms with Crippen LogP contribution in [0.3, 0.4) is 0 Å². The minimum absolute atomic E-state index is 0.105. The van der Waals surface area contributed by atoms with Gasteiger partial charge in [-0.15, -0.1) is 0 Å². The van der Waals surface area contributed by atoms with Crippen LogP contribution in [-0.4, -0.2) is 78.1 Å². The van der Waals surface area contributed by atoms with Gasteiger partial charge in [0.25, 0.3) is 5.24 Å². The number of ether oxygens (including phenoxy) is 2. The maximum Gasteiger partial charge on any atom is 0.287 e. The molecule has 0 aliphatic carbocycles. The zero-order chi connectivity index (χ0) is 31.3. The second kappa shape index (κ2) is 17.3. The largest absolute Gasteiger partial charge is 0.496 e. The molecule has 2 aliphatic heterocycles. The van der Waals surface area contributed by atoms with Gasteiger partial charge in [-0.1, -0.05) is 106 Å². The van der Waals surface area contributed by atoms with E-state index in [1.165, 1.54) is 17.3 Å². The minimum Gasteiger partial charge on any atom is -0.496 e. The molecule has 0 spiro atoms. The van der Waals surface area contributed by atoms with E-state index in [1.807, 2.05) is 60.0 Å². The summed E-state index contributed by atoms with van der Waals surface area (Å²) >= 11 is 4.86. The predicted octanol–water partition coefficient (Wildman–Crippen LogP) is 7.50. The van der Waals surface area contributed by atoms with Crippen molar-refractivity contribution in [3.8, 4) is 11.5 Å². The fourth-order valence-electron chi connectivity index (χ4n) is 4.50. The van der Waals surface area contributed by atoms with Crippen molar-refractivity contribution in [2.45, 2.75) is 47.5 Å². The number of para-hydroxylation sites is 2. The van der Waals surface area contributed by atoms with Crippen LogP contribution < -0.4 is 14.8 Å². The van der Waals surface area contributed by atoms with Crippen molar-refractivity contribution in [1.82, 2.24) is 10.2 Å². The Labute approximate surface area is 271 Å². The first-order valence-corrected chi connectivity index (χ1v) is 17.8. The molecule has 0 aromatic heterocycles. The molecule has 236 valence electrons. The summed E-state index contributed by atoms with van der Waals surface area (Å²) < 4.78 is 10.7. The molecule has 0 unspecified atom stereocenters. The summed E-state index contributed by atoms with van der Waals surface area (Å²) in [6.07, 6.45) is 1.76. The molecule has 1 saturated heterocycles. The van der Waals surface area contributed by atoms with Crippen molar-refractivity contribution in [3.63, 3.8) is 0 Å². The lowest BCUT2D eigenvalue weighted by Crippen LogP contribution is -2.45. The Balaban J connectivity index is 0.000000242. The Kier molecular flexibility index (Phi) is 14.1. The summed E-state index contributed by atoms with van der Waals surface area (Å²) in [4.78, 5) is 23.6. The summed E-state index contributed by atoms with van der Waals surface area (Å²) in [5, 5.41) is 5.46. The van der Waals surface area contributed by atoms with E-state index in [2.05, 4.69) is 50.1 Å². The average molecular weight is 645 g/mol. The zero-order valence-corrected chi connectivity index (χ0v) is 29.2. The van der Waals surface area contributed by atoms with Crippen LogP contribution in [0, 0.1) is 10.8 Å². The molecule has 2 aliphatic rings. The van der Waals surface area contributed by atoms with Crippen LogP contribution >= 0.6 is 35.3 Å². The number of amidine groups is 2. The molecule has 1 fully saturated rings. The molecule has 0 radical (unpaired) electrons. The van der Waals surface area contributed by atoms with Gasteiger partial charge in [0.05, 0.1) is 14.2 Å². The van der Waals surface area contributed by atoms with Crippen LogP contribution in [0.4, 0.5) is 4.79 Å². The van der Waals surface area contributed by atoms with Crippen molar-refractivity contribution in [3.05, 3.63) is 59.7 Å². The lowest BCUT2D eigenvalue weighted by atomic mass is 9.96. The molecule has 0 bridgehead atoms. The lowest BCUT2D eigenvalue weighted by Gasteiger charge is -2.37. The smallest absolute Gasteiger partial charge is 0.287 e. The standard InChI is InChI=1S/C18H26N2O2S2.C15H22N2OS/c1-5-23-17(21)20-12-18(2,3)13-24-16(20)19-11-10-14-8-6-7-9-15(14)22-4;1-15(2)10-17-14(19-11-15)16-9-8-12-6-4-5-7-13(12)18-3/h6-9H,5,10-13H2,1-4H3;4-7H,8-11H2,1-3H3,(H,16,17). The average Bonchev–Trinajstić information content (AvgIpc) is 2.99. The number of thioether (sulfide) groups is 3. The SMILES string of the molecule is CCSC(=O)N1CC(C)(C)CSC1=NCCc1ccccc1OC.COc1ccccc1CCNC1=NCC(C)(C)CS1. The molecule has 2 heterocycles. The number of hydrogen-bond acceptors (Lipinski definition) is 9. The number of carbonyl (C=O) groups is 1. The number of benzene rings is 2. The number of hydrogen-bond donors (Lipinski definition) is 1. The zero-order valence-electron chi connectivity index (χ0n) is 26.8. The fourth-order valence-corrected chi connectivity index (χ4v) is 7.18. The Bertz CT molecular complexity index is 1250. The van der Waals surface area contributed by atoms with Gasteiger partial charge >= 0.3 is 0 Å². The molecular formula is C33H48N4O3S3. The molecule has 2 aromatic rings. The molecule has 4 rings (SSSR count). The van der Waals surface area contributed by atoms with E-state index in [0.717, 1.165) is 77.1 Å². The third kappa shape index (κ3) is 11.6. The van der Waals surface area contributed by atoms with Crippen molar-refractivity contribution >= 4 is 50.9 Å². The lowest BCUT2D eigenvalue weighted by molar-refractivity contribution is 0.229. The Hall–Kier alpha value is -2.30. The van der Waals surface area contributed by atoms with E-state index in [0.29, 0.717) is 12.0 Å². The number of carbonyl (C=O) groups excluding carboxylic acids is 1. The molecule has 2 aromatic carbocycles. The highest BCUT2D eigenvalue weighted by Gasteiger charge is 2.34. The van der Waals surface area contributed by atoms with Gasteiger partial charge in [0, 0.05) is 37.7 Å². The summed E-state index contributed by atoms with van der Waals surface area (Å²) in [5.41, 5.74) is 2.83. The quantitative estimate of drug-likeness (QED) is 0.303. The number of methoxy groups -OCH3 is 2. The van der Waals surface area contributed by atoms with Crippen LogP contribution in [0.2, 0.25) is 0 Å². The Morgan fingerprint density at radius 3 is 2.14 bits per heavy atom. The molecule has 0 atom stereocenters. The highest BCUT2D eigenvalue weighted by molar-refractivity contribution is 8.15. The normalized spacial score (nSPS) is 18.3. The van der Waals surface area contributed by atoms with Crippen LogP contribution in [0.5, 0.6) is 11.5 Å². The fraction of sp³-hybridized carbons (Fsp3) is 0.545. The molecule has 0 saturated carbocycles. The molecule has 43 heavy (non-hydrogen) atoms. The van der Waals surface area contributed by atoms with Gasteiger partial charge in [0.15, 0.2) is 10.3 Å². The first-order chi connectivity index (χ1) is 20.6. The number of rotatable bonds is 9. The van der Waals surface area contributed by atoms with Crippen LogP contribution in [0.25, 0.3) is 0 Å². The Morgan fingerprint density at radius 2 is 1.56 bits per heavy atom. The third-order valence-electron chi connectivity index (χ3n) is 6.83. The van der Waals surface area contributed by atoms with Gasteiger partial charge in [-0.05, 0) is 52.7 Å². The van der Waals surface area contributed by atoms with E-state index < -0.39 is 0 Å². The van der Waals surface area contributed by atoms with Gasteiger partial charge in [-0.3, -0.25) is 19.7 Å². The predicted molar refractivity (Wildman–Crippen MR) is 189 cm³/mol. The first kappa shape index (κ1) is 35.2. The van der Waals surface area contributed by atoms with Gasteiger partial charge in [0.2, 0.25) is 0 Å². The maximum absolute atomic E-state index is 12.4. The van der Waals surface area contributed by atoms with Gasteiger partial charge in [0.1, 0.15) is 11.5 Å². The van der Waals surface area contributed by atoms with Crippen molar-refractivity contribution in [2.75, 3.05) is 57.7 Å². The van der Waals surface area contributed by atoms with Gasteiger partial charge in [-0.25, -0.2) is 0 Å². The van der Waals surface area contributed by atoms with E-state index in [-0.39, 0.29) is 10.7 Å². The monoisotopic (exact) mass is 644 g/mol. The summed E-state index contributed by atoms with van der Waals surface area (Å²) in [7, 11) is 3.40. The number of nitrogens with one attached hydrogen (secondary N) is 1. The molecule has 1 N–H and O–H groups in total. The second-order valence-corrected chi connectivity index (χ2v) is 15.1. The summed E-state index contributed by atoms with van der Waals surface area (Å²) in [6, 6.07) is 16.2. The second-order valence-electron chi connectivity index (χ2n) is 12.0. The highest BCUT2D eigenvalue weighted by atomic mass is 32.2. The van der Waals surface area contributed by atoms with E-state index in [9.17, 15) is 4.79 Å². The topological polar surface area (TPSA) is 75.5 Å². The van der Waals surface area contributed by atoms with Crippen LogP contribution in [-0.2, 0) is 12.8 Å². The number of aliphatic imine (C=N–C) groups is 2. The van der Waals surface area contributed by atoms with Crippen LogP contribution in [0.15, 0.2) is 58.5 Å². The van der Waals surface area contributed by atoms with Crippen LogP contribution in [0.1, 0.15) is 45.7 Å². The van der Waals surface area contributed by atoms with E-state index >= 15 is 0 Å². The summed E-state index contributed by atoms with van der Waals surface area (Å²) in [6.45, 7) is 14.1. The van der Waals surface area contributed by atoms with Crippen molar-refractivity contribution < 1.29 is 14.3 Å². The maximum atomic E-state index is 12.4. The highest BCUT2D eigenvalue weighted by Crippen LogP contribution is 2.33.